The predicted molar refractivity (Wildman–Crippen MR) is 117 cm³/mol. The standard InChI is InChI=1S/C23H27N3O2S/c1-18-6-5-9-20(16-18)21(27)26-14-15-29-23(26)10-12-25(13-11-23)22(28)24-17-19-7-3-2-4-8-19/h2-9,16H,10-15,17H2,1H3,(H,24,28). The number of urea groups is 1. The third kappa shape index (κ3) is 4.27. The lowest BCUT2D eigenvalue weighted by Gasteiger charge is -2.44. The molecule has 4 rings (SSSR count). The summed E-state index contributed by atoms with van der Waals surface area (Å²) in [6.45, 7) is 4.67. The van der Waals surface area contributed by atoms with Crippen molar-refractivity contribution in [2.75, 3.05) is 25.4 Å². The zero-order valence-corrected chi connectivity index (χ0v) is 17.6. The number of benzene rings is 2. The lowest BCUT2D eigenvalue weighted by atomic mass is 10.0. The van der Waals surface area contributed by atoms with Crippen LogP contribution in [0.3, 0.4) is 0 Å². The summed E-state index contributed by atoms with van der Waals surface area (Å²) in [6, 6.07) is 17.7. The topological polar surface area (TPSA) is 52.7 Å². The van der Waals surface area contributed by atoms with Gasteiger partial charge in [-0.15, -0.1) is 11.8 Å². The molecule has 0 atom stereocenters. The Hall–Kier alpha value is -2.47. The van der Waals surface area contributed by atoms with Gasteiger partial charge in [0.15, 0.2) is 0 Å². The minimum atomic E-state index is -0.183. The summed E-state index contributed by atoms with van der Waals surface area (Å²) >= 11 is 1.87. The molecule has 0 aliphatic carbocycles. The van der Waals surface area contributed by atoms with Gasteiger partial charge in [0.1, 0.15) is 0 Å². The Labute approximate surface area is 176 Å². The third-order valence-electron chi connectivity index (χ3n) is 5.81. The largest absolute Gasteiger partial charge is 0.334 e. The number of hydrogen-bond donors (Lipinski definition) is 1. The second-order valence-electron chi connectivity index (χ2n) is 7.75. The van der Waals surface area contributed by atoms with Gasteiger partial charge in [0.25, 0.3) is 5.91 Å². The number of aryl methyl sites for hydroxylation is 1. The Kier molecular flexibility index (Phi) is 5.81. The number of carbonyl (C=O) groups is 2. The molecule has 2 aromatic carbocycles. The first-order chi connectivity index (χ1) is 14.1. The molecule has 2 aromatic rings. The van der Waals surface area contributed by atoms with E-state index < -0.39 is 0 Å². The fraction of sp³-hybridized carbons (Fsp3) is 0.391. The Morgan fingerprint density at radius 3 is 2.52 bits per heavy atom. The zero-order chi connectivity index (χ0) is 20.3. The quantitative estimate of drug-likeness (QED) is 0.837. The van der Waals surface area contributed by atoms with Gasteiger partial charge in [-0.1, -0.05) is 48.0 Å². The lowest BCUT2D eigenvalue weighted by Crippen LogP contribution is -2.55. The van der Waals surface area contributed by atoms with Crippen molar-refractivity contribution in [3.05, 3.63) is 71.3 Å². The summed E-state index contributed by atoms with van der Waals surface area (Å²) in [5, 5.41) is 3.01. The van der Waals surface area contributed by atoms with E-state index in [0.29, 0.717) is 19.6 Å². The van der Waals surface area contributed by atoms with Gasteiger partial charge in [-0.05, 0) is 37.5 Å². The third-order valence-corrected chi connectivity index (χ3v) is 7.36. The van der Waals surface area contributed by atoms with Gasteiger partial charge in [0.05, 0.1) is 4.87 Å². The maximum atomic E-state index is 13.2. The zero-order valence-electron chi connectivity index (χ0n) is 16.8. The Morgan fingerprint density at radius 1 is 1.03 bits per heavy atom. The maximum absolute atomic E-state index is 13.2. The molecule has 1 N–H and O–H groups in total. The van der Waals surface area contributed by atoms with E-state index in [0.717, 1.165) is 41.8 Å². The van der Waals surface area contributed by atoms with Gasteiger partial charge in [-0.3, -0.25) is 4.79 Å². The molecule has 2 heterocycles. The number of piperidine rings is 1. The number of nitrogens with zero attached hydrogens (tertiary/aromatic N) is 2. The van der Waals surface area contributed by atoms with Crippen LogP contribution in [0.2, 0.25) is 0 Å². The number of carbonyl (C=O) groups excluding carboxylic acids is 2. The van der Waals surface area contributed by atoms with Crippen LogP contribution in [0.5, 0.6) is 0 Å². The first kappa shape index (κ1) is 19.8. The van der Waals surface area contributed by atoms with Crippen LogP contribution < -0.4 is 5.32 Å². The van der Waals surface area contributed by atoms with Crippen LogP contribution in [0.15, 0.2) is 54.6 Å². The van der Waals surface area contributed by atoms with Gasteiger partial charge in [0.2, 0.25) is 0 Å². The normalized spacial score (nSPS) is 18.1. The molecule has 0 aromatic heterocycles. The molecule has 0 unspecified atom stereocenters. The van der Waals surface area contributed by atoms with Crippen LogP contribution >= 0.6 is 11.8 Å². The highest BCUT2D eigenvalue weighted by Gasteiger charge is 2.47. The Morgan fingerprint density at radius 2 is 1.79 bits per heavy atom. The van der Waals surface area contributed by atoms with Gasteiger partial charge < -0.3 is 15.1 Å². The highest BCUT2D eigenvalue weighted by molar-refractivity contribution is 8.00. The van der Waals surface area contributed by atoms with E-state index in [1.807, 2.05) is 83.1 Å². The van der Waals surface area contributed by atoms with Gasteiger partial charge in [-0.2, -0.15) is 0 Å². The van der Waals surface area contributed by atoms with Crippen LogP contribution in [0, 0.1) is 6.92 Å². The number of thioether (sulfide) groups is 1. The molecule has 2 aliphatic heterocycles. The predicted octanol–water partition coefficient (Wildman–Crippen LogP) is 3.89. The second-order valence-corrected chi connectivity index (χ2v) is 9.21. The SMILES string of the molecule is Cc1cccc(C(=O)N2CCSC23CCN(C(=O)NCc2ccccc2)CC3)c1. The summed E-state index contributed by atoms with van der Waals surface area (Å²) in [5.41, 5.74) is 2.95. The van der Waals surface area contributed by atoms with Crippen LogP contribution in [-0.2, 0) is 6.54 Å². The highest BCUT2D eigenvalue weighted by atomic mass is 32.2. The van der Waals surface area contributed by atoms with Crippen molar-refractivity contribution < 1.29 is 9.59 Å². The maximum Gasteiger partial charge on any atom is 0.317 e. The van der Waals surface area contributed by atoms with Crippen LogP contribution in [-0.4, -0.2) is 52.0 Å². The van der Waals surface area contributed by atoms with E-state index in [1.165, 1.54) is 0 Å². The van der Waals surface area contributed by atoms with E-state index in [1.54, 1.807) is 0 Å². The van der Waals surface area contributed by atoms with E-state index in [-0.39, 0.29) is 16.8 Å². The minimum absolute atomic E-state index is 0.0248. The molecule has 29 heavy (non-hydrogen) atoms. The molecule has 0 bridgehead atoms. The fourth-order valence-corrected chi connectivity index (χ4v) is 5.64. The van der Waals surface area contributed by atoms with E-state index in [4.69, 9.17) is 0 Å². The summed E-state index contributed by atoms with van der Waals surface area (Å²) in [4.78, 5) is 29.5. The Bertz CT molecular complexity index is 879. The van der Waals surface area contributed by atoms with Gasteiger partial charge in [-0.25, -0.2) is 4.79 Å². The van der Waals surface area contributed by atoms with Crippen molar-refractivity contribution >= 4 is 23.7 Å². The molecule has 2 aliphatic rings. The smallest absolute Gasteiger partial charge is 0.317 e. The number of rotatable bonds is 3. The molecular formula is C23H27N3O2S. The van der Waals surface area contributed by atoms with Crippen molar-refractivity contribution in [3.8, 4) is 0 Å². The van der Waals surface area contributed by atoms with Gasteiger partial charge in [0, 0.05) is 37.5 Å². The minimum Gasteiger partial charge on any atom is -0.334 e. The van der Waals surface area contributed by atoms with Crippen molar-refractivity contribution in [1.29, 1.82) is 0 Å². The second kappa shape index (κ2) is 8.49. The summed E-state index contributed by atoms with van der Waals surface area (Å²) < 4.78 is 0. The monoisotopic (exact) mass is 409 g/mol. The molecule has 2 saturated heterocycles. The molecule has 0 saturated carbocycles. The summed E-state index contributed by atoms with van der Waals surface area (Å²) in [6.07, 6.45) is 1.63. The number of likely N-dealkylation sites (tertiary alicyclic amines) is 1. The molecular weight excluding hydrogens is 382 g/mol. The summed E-state index contributed by atoms with van der Waals surface area (Å²) in [5.74, 6) is 1.07. The van der Waals surface area contributed by atoms with E-state index in [2.05, 4.69) is 5.32 Å². The first-order valence-electron chi connectivity index (χ1n) is 10.2. The molecule has 0 radical (unpaired) electrons. The average molecular weight is 410 g/mol. The van der Waals surface area contributed by atoms with Crippen LogP contribution in [0.4, 0.5) is 4.79 Å². The van der Waals surface area contributed by atoms with Crippen LogP contribution in [0.25, 0.3) is 0 Å². The molecule has 1 spiro atoms. The molecule has 6 heteroatoms. The first-order valence-corrected chi connectivity index (χ1v) is 11.2. The molecule has 152 valence electrons. The highest BCUT2D eigenvalue weighted by Crippen LogP contribution is 2.44. The lowest BCUT2D eigenvalue weighted by molar-refractivity contribution is 0.0580. The number of hydrogen-bond acceptors (Lipinski definition) is 3. The molecule has 3 amide bonds. The number of nitrogens with one attached hydrogen (secondary N) is 1. The number of amides is 3. The molecule has 5 nitrogen and oxygen atoms in total. The van der Waals surface area contributed by atoms with E-state index >= 15 is 0 Å². The van der Waals surface area contributed by atoms with Crippen molar-refractivity contribution in [1.82, 2.24) is 15.1 Å². The van der Waals surface area contributed by atoms with Gasteiger partial charge >= 0.3 is 6.03 Å². The summed E-state index contributed by atoms with van der Waals surface area (Å²) in [7, 11) is 0. The van der Waals surface area contributed by atoms with Crippen LogP contribution in [0.1, 0.15) is 34.3 Å². The fourth-order valence-electron chi connectivity index (χ4n) is 4.19. The van der Waals surface area contributed by atoms with Crippen molar-refractivity contribution in [2.45, 2.75) is 31.2 Å². The van der Waals surface area contributed by atoms with E-state index in [9.17, 15) is 9.59 Å². The van der Waals surface area contributed by atoms with Crippen molar-refractivity contribution in [3.63, 3.8) is 0 Å². The Balaban J connectivity index is 1.37. The average Bonchev–Trinajstić information content (AvgIpc) is 3.15. The molecule has 2 fully saturated rings. The van der Waals surface area contributed by atoms with Crippen molar-refractivity contribution in [2.24, 2.45) is 0 Å².